The fourth-order valence-corrected chi connectivity index (χ4v) is 4.47. The lowest BCUT2D eigenvalue weighted by Gasteiger charge is -2.31. The number of sulfone groups is 1. The second-order valence-corrected chi connectivity index (χ2v) is 8.39. The van der Waals surface area contributed by atoms with Gasteiger partial charge in [0, 0.05) is 25.7 Å². The smallest absolute Gasteiger partial charge is 0.251 e. The Labute approximate surface area is 152 Å². The van der Waals surface area contributed by atoms with Gasteiger partial charge in [-0.15, -0.1) is 0 Å². The monoisotopic (exact) mass is 381 g/mol. The molecule has 0 saturated carbocycles. The maximum atomic E-state index is 12.2. The Morgan fingerprint density at radius 1 is 1.12 bits per heavy atom. The first-order valence-corrected chi connectivity index (χ1v) is 10.1. The molecule has 3 amide bonds. The molecule has 0 radical (unpaired) electrons. The van der Waals surface area contributed by atoms with Crippen LogP contribution in [0.3, 0.4) is 0 Å². The van der Waals surface area contributed by atoms with Gasteiger partial charge in [-0.25, -0.2) is 8.42 Å². The first-order chi connectivity index (χ1) is 12.3. The van der Waals surface area contributed by atoms with Crippen LogP contribution in [-0.4, -0.2) is 68.7 Å². The van der Waals surface area contributed by atoms with Crippen LogP contribution in [0, 0.1) is 0 Å². The van der Waals surface area contributed by atoms with Crippen molar-refractivity contribution in [2.24, 2.45) is 0 Å². The Morgan fingerprint density at radius 2 is 1.73 bits per heavy atom. The largest absolute Gasteiger partial charge is 0.358 e. The van der Waals surface area contributed by atoms with Crippen molar-refractivity contribution in [2.45, 2.75) is 18.1 Å². The molecule has 1 saturated heterocycles. The molecule has 1 aromatic carbocycles. The Bertz CT molecular complexity index is 756. The number of carbonyl (C=O) groups excluding carboxylic acids is 3. The molecule has 0 aliphatic carbocycles. The van der Waals surface area contributed by atoms with Crippen LogP contribution in [0.4, 0.5) is 0 Å². The van der Waals surface area contributed by atoms with Crippen LogP contribution in [0.1, 0.15) is 23.2 Å². The topological polar surface area (TPSA) is 113 Å². The summed E-state index contributed by atoms with van der Waals surface area (Å²) in [7, 11) is -2.13. The highest BCUT2D eigenvalue weighted by Gasteiger charge is 2.32. The van der Waals surface area contributed by atoms with E-state index >= 15 is 0 Å². The Morgan fingerprint density at radius 3 is 2.31 bits per heavy atom. The number of likely N-dealkylation sites (tertiary alicyclic amines) is 1. The molecule has 9 heteroatoms. The quantitative estimate of drug-likeness (QED) is 0.694. The number of benzene rings is 1. The lowest BCUT2D eigenvalue weighted by molar-refractivity contribution is -0.131. The van der Waals surface area contributed by atoms with Crippen LogP contribution in [0.5, 0.6) is 0 Å². The summed E-state index contributed by atoms with van der Waals surface area (Å²) in [5.41, 5.74) is 0.472. The van der Waals surface area contributed by atoms with Crippen molar-refractivity contribution in [3.05, 3.63) is 35.9 Å². The van der Waals surface area contributed by atoms with Crippen molar-refractivity contribution in [3.63, 3.8) is 0 Å². The van der Waals surface area contributed by atoms with Gasteiger partial charge in [-0.2, -0.15) is 0 Å². The summed E-state index contributed by atoms with van der Waals surface area (Å²) in [6.07, 6.45) is 0.579. The van der Waals surface area contributed by atoms with Gasteiger partial charge in [0.2, 0.25) is 11.8 Å². The average molecular weight is 381 g/mol. The first kappa shape index (κ1) is 19.9. The predicted octanol–water partition coefficient (Wildman–Crippen LogP) is -0.432. The number of hydrogen-bond donors (Lipinski definition) is 2. The zero-order valence-corrected chi connectivity index (χ0v) is 15.4. The number of nitrogens with one attached hydrogen (secondary N) is 2. The Kier molecular flexibility index (Phi) is 6.73. The van der Waals surface area contributed by atoms with Crippen molar-refractivity contribution in [1.29, 1.82) is 0 Å². The minimum atomic E-state index is -3.53. The second-order valence-electron chi connectivity index (χ2n) is 6.11. The summed E-state index contributed by atoms with van der Waals surface area (Å²) in [6, 6.07) is 8.58. The molecule has 0 aromatic heterocycles. The average Bonchev–Trinajstić information content (AvgIpc) is 2.66. The molecule has 1 fully saturated rings. The summed E-state index contributed by atoms with van der Waals surface area (Å²) < 4.78 is 24.4. The van der Waals surface area contributed by atoms with Crippen molar-refractivity contribution in [1.82, 2.24) is 15.5 Å². The highest BCUT2D eigenvalue weighted by Crippen LogP contribution is 2.18. The van der Waals surface area contributed by atoms with E-state index in [2.05, 4.69) is 10.6 Å². The fraction of sp³-hybridized carbons (Fsp3) is 0.471. The normalized spacial score (nSPS) is 15.3. The molecule has 0 unspecified atom stereocenters. The van der Waals surface area contributed by atoms with E-state index in [1.54, 1.807) is 30.3 Å². The Balaban J connectivity index is 1.81. The minimum absolute atomic E-state index is 0.136. The summed E-state index contributed by atoms with van der Waals surface area (Å²) in [5.74, 6) is -1.65. The van der Waals surface area contributed by atoms with E-state index in [9.17, 15) is 22.8 Å². The van der Waals surface area contributed by atoms with Crippen LogP contribution >= 0.6 is 0 Å². The van der Waals surface area contributed by atoms with E-state index in [0.717, 1.165) is 0 Å². The molecule has 0 spiro atoms. The number of hydrogen-bond acceptors (Lipinski definition) is 5. The molecule has 1 heterocycles. The van der Waals surface area contributed by atoms with E-state index in [1.165, 1.54) is 11.9 Å². The van der Waals surface area contributed by atoms with Crippen LogP contribution < -0.4 is 10.6 Å². The third-order valence-corrected chi connectivity index (χ3v) is 6.50. The zero-order valence-electron chi connectivity index (χ0n) is 14.6. The summed E-state index contributed by atoms with van der Waals surface area (Å²) in [5, 5.41) is 4.25. The van der Waals surface area contributed by atoms with Gasteiger partial charge in [-0.1, -0.05) is 18.2 Å². The van der Waals surface area contributed by atoms with Crippen LogP contribution in [0.25, 0.3) is 0 Å². The number of rotatable bonds is 6. The van der Waals surface area contributed by atoms with E-state index in [4.69, 9.17) is 0 Å². The second kappa shape index (κ2) is 8.79. The summed E-state index contributed by atoms with van der Waals surface area (Å²) in [6.45, 7) is 0.443. The maximum absolute atomic E-state index is 12.2. The van der Waals surface area contributed by atoms with E-state index in [1.807, 2.05) is 0 Å². The lowest BCUT2D eigenvalue weighted by atomic mass is 10.1. The molecular formula is C17H23N3O5S. The van der Waals surface area contributed by atoms with Crippen LogP contribution in [-0.2, 0) is 19.4 Å². The molecule has 1 aliphatic heterocycles. The van der Waals surface area contributed by atoms with Gasteiger partial charge in [0.15, 0.2) is 9.84 Å². The third-order valence-electron chi connectivity index (χ3n) is 4.35. The molecule has 2 rings (SSSR count). The van der Waals surface area contributed by atoms with Crippen molar-refractivity contribution >= 4 is 27.6 Å². The fourth-order valence-electron chi connectivity index (χ4n) is 2.80. The van der Waals surface area contributed by atoms with Crippen molar-refractivity contribution < 1.29 is 22.8 Å². The summed E-state index contributed by atoms with van der Waals surface area (Å²) in [4.78, 5) is 37.0. The van der Waals surface area contributed by atoms with Gasteiger partial charge in [0.1, 0.15) is 5.75 Å². The number of nitrogens with zero attached hydrogens (tertiary/aromatic N) is 1. The minimum Gasteiger partial charge on any atom is -0.358 e. The number of amides is 3. The Hall–Kier alpha value is -2.42. The van der Waals surface area contributed by atoms with Gasteiger partial charge in [0.25, 0.3) is 5.91 Å². The van der Waals surface area contributed by atoms with Gasteiger partial charge >= 0.3 is 0 Å². The molecule has 142 valence electrons. The van der Waals surface area contributed by atoms with Crippen LogP contribution in [0.2, 0.25) is 0 Å². The van der Waals surface area contributed by atoms with Gasteiger partial charge < -0.3 is 15.5 Å². The molecule has 0 atom stereocenters. The van der Waals surface area contributed by atoms with E-state index in [-0.39, 0.29) is 44.3 Å². The van der Waals surface area contributed by atoms with Gasteiger partial charge in [-0.05, 0) is 25.0 Å². The number of piperidine rings is 1. The van der Waals surface area contributed by atoms with Gasteiger partial charge in [0.05, 0.1) is 11.8 Å². The SMILES string of the molecule is CNC(=O)CS(=O)(=O)C1CCN(C(=O)CNC(=O)c2ccccc2)CC1. The third kappa shape index (κ3) is 5.29. The predicted molar refractivity (Wildman–Crippen MR) is 96.2 cm³/mol. The van der Waals surface area contributed by atoms with Crippen molar-refractivity contribution in [3.8, 4) is 0 Å². The standard InChI is InChI=1S/C17H23N3O5S/c1-18-15(21)12-26(24,25)14-7-9-20(10-8-14)16(22)11-19-17(23)13-5-3-2-4-6-13/h2-6,14H,7-12H2,1H3,(H,18,21)(H,19,23). The molecule has 1 aromatic rings. The van der Waals surface area contributed by atoms with Crippen LogP contribution in [0.15, 0.2) is 30.3 Å². The highest BCUT2D eigenvalue weighted by atomic mass is 32.2. The molecule has 2 N–H and O–H groups in total. The lowest BCUT2D eigenvalue weighted by Crippen LogP contribution is -2.47. The molecular weight excluding hydrogens is 358 g/mol. The van der Waals surface area contributed by atoms with Gasteiger partial charge in [-0.3, -0.25) is 14.4 Å². The maximum Gasteiger partial charge on any atom is 0.251 e. The van der Waals surface area contributed by atoms with E-state index in [0.29, 0.717) is 5.56 Å². The first-order valence-electron chi connectivity index (χ1n) is 8.36. The van der Waals surface area contributed by atoms with Crippen molar-refractivity contribution in [2.75, 3.05) is 32.4 Å². The highest BCUT2D eigenvalue weighted by molar-refractivity contribution is 7.92. The molecule has 26 heavy (non-hydrogen) atoms. The zero-order chi connectivity index (χ0) is 19.2. The molecule has 0 bridgehead atoms. The van der Waals surface area contributed by atoms with E-state index < -0.39 is 26.7 Å². The summed E-state index contributed by atoms with van der Waals surface area (Å²) >= 11 is 0. The molecule has 8 nitrogen and oxygen atoms in total. The number of carbonyl (C=O) groups is 3. The molecule has 1 aliphatic rings.